The highest BCUT2D eigenvalue weighted by Gasteiger charge is 2.78. The van der Waals surface area contributed by atoms with Crippen LogP contribution in [0, 0.1) is 11.3 Å². The third-order valence-electron chi connectivity index (χ3n) is 15.8. The second kappa shape index (κ2) is 14.0. The highest BCUT2D eigenvalue weighted by Crippen LogP contribution is 2.67. The molecule has 3 fully saturated rings. The summed E-state index contributed by atoms with van der Waals surface area (Å²) in [6.45, 7) is 8.81. The van der Waals surface area contributed by atoms with Crippen molar-refractivity contribution in [2.45, 2.75) is 106 Å². The zero-order valence-electron chi connectivity index (χ0n) is 35.3. The van der Waals surface area contributed by atoms with Crippen LogP contribution in [-0.4, -0.2) is 143 Å². The van der Waals surface area contributed by atoms with Crippen LogP contribution >= 0.6 is 0 Å². The van der Waals surface area contributed by atoms with Crippen molar-refractivity contribution in [3.05, 3.63) is 70.9 Å². The molecule has 1 amide bonds. The molecular weight excluding hydrogens is 751 g/mol. The van der Waals surface area contributed by atoms with E-state index in [9.17, 15) is 25.2 Å². The zero-order valence-corrected chi connectivity index (χ0v) is 35.3. The average molecular weight is 812 g/mol. The molecule has 2 saturated heterocycles. The Morgan fingerprint density at radius 3 is 2.54 bits per heavy atom. The van der Waals surface area contributed by atoms with Gasteiger partial charge in [-0.1, -0.05) is 44.2 Å². The number of hydrogen-bond acceptors (Lipinski definition) is 11. The molecule has 0 radical (unpaired) electrons. The maximum Gasteiger partial charge on any atom is 0.322 e. The lowest BCUT2D eigenvalue weighted by atomic mass is 9.47. The van der Waals surface area contributed by atoms with Crippen molar-refractivity contribution < 1.29 is 39.5 Å². The summed E-state index contributed by atoms with van der Waals surface area (Å²) in [5.74, 6) is -0.808. The van der Waals surface area contributed by atoms with Gasteiger partial charge in [0.2, 0.25) is 0 Å². The Bertz CT molecular complexity index is 2210. The minimum atomic E-state index is -2.31. The zero-order chi connectivity index (χ0) is 41.9. The molecule has 11 atom stereocenters. The number of anilines is 1. The third-order valence-corrected chi connectivity index (χ3v) is 15.8. The van der Waals surface area contributed by atoms with Crippen LogP contribution in [0.4, 0.5) is 5.69 Å². The molecular formula is C46H61N5O8. The number of fused-ring (bicyclic) bond motifs is 6. The predicted octanol–water partition coefficient (Wildman–Crippen LogP) is 2.74. The number of rotatable bonds is 8. The van der Waals surface area contributed by atoms with Crippen LogP contribution < -0.4 is 15.0 Å². The number of methoxy groups -OCH3 is 2. The van der Waals surface area contributed by atoms with Crippen LogP contribution in [0.25, 0.3) is 10.9 Å². The molecule has 13 nitrogen and oxygen atoms in total. The largest absolute Gasteiger partial charge is 0.496 e. The summed E-state index contributed by atoms with van der Waals surface area (Å²) in [6.07, 6.45) is 4.83. The van der Waals surface area contributed by atoms with Crippen LogP contribution in [0.1, 0.15) is 75.3 Å². The van der Waals surface area contributed by atoms with Crippen molar-refractivity contribution in [2.24, 2.45) is 11.3 Å². The standard InChI is InChI=1S/C46H61N5O8/c1-7-42(56)22-28-23-45(41(55)59-6,36-30(14-18-50(25-28)26-42)29-12-9-10-13-33(29)48-36)32-20-31-34(21-35(32)58-5)49(4)38-44(31)16-19-51-17-11-15-43(8-2,37(44)51)39(53)46(38,57)40(54)47-24-27(3)52/h9-13,15,20-21,27-28,37-39,48,52-53,56-57H,7-8,14,16-19,22-26H2,1-6H3,(H,47,54). The normalized spacial score (nSPS) is 37.7. The van der Waals surface area contributed by atoms with E-state index in [4.69, 9.17) is 9.47 Å². The van der Waals surface area contributed by atoms with Gasteiger partial charge in [-0.15, -0.1) is 0 Å². The second-order valence-corrected chi connectivity index (χ2v) is 18.7. The number of carbonyl (C=O) groups excluding carboxylic acids is 2. The number of ether oxygens (including phenoxy) is 2. The summed E-state index contributed by atoms with van der Waals surface area (Å²) in [5, 5.41) is 51.9. The quantitative estimate of drug-likeness (QED) is 0.146. The van der Waals surface area contributed by atoms with E-state index in [1.807, 2.05) is 62.2 Å². The second-order valence-electron chi connectivity index (χ2n) is 18.7. The highest BCUT2D eigenvalue weighted by atomic mass is 16.5. The molecule has 9 rings (SSSR count). The Morgan fingerprint density at radius 1 is 1.05 bits per heavy atom. The number of esters is 1. The van der Waals surface area contributed by atoms with Crippen LogP contribution in [0.2, 0.25) is 0 Å². The van der Waals surface area contributed by atoms with E-state index in [2.05, 4.69) is 32.2 Å². The summed E-state index contributed by atoms with van der Waals surface area (Å²) in [4.78, 5) is 40.3. The van der Waals surface area contributed by atoms with Gasteiger partial charge in [0.15, 0.2) is 5.60 Å². The van der Waals surface area contributed by atoms with Crippen LogP contribution in [-0.2, 0) is 31.6 Å². The number of nitrogens with zero attached hydrogens (tertiary/aromatic N) is 3. The number of aromatic amines is 1. The topological polar surface area (TPSA) is 171 Å². The van der Waals surface area contributed by atoms with Crippen molar-refractivity contribution >= 4 is 28.5 Å². The smallest absolute Gasteiger partial charge is 0.322 e. The van der Waals surface area contributed by atoms with E-state index in [0.717, 1.165) is 33.4 Å². The first-order valence-electron chi connectivity index (χ1n) is 21.6. The van der Waals surface area contributed by atoms with Gasteiger partial charge in [-0.3, -0.25) is 19.4 Å². The fourth-order valence-corrected chi connectivity index (χ4v) is 13.4. The number of benzene rings is 2. The van der Waals surface area contributed by atoms with Crippen molar-refractivity contribution in [3.8, 4) is 5.75 Å². The number of piperidine rings is 1. The number of aromatic nitrogens is 1. The Balaban J connectivity index is 1.34. The summed E-state index contributed by atoms with van der Waals surface area (Å²) in [7, 11) is 4.90. The van der Waals surface area contributed by atoms with Gasteiger partial charge in [-0.2, -0.15) is 0 Å². The van der Waals surface area contributed by atoms with E-state index in [0.29, 0.717) is 82.6 Å². The van der Waals surface area contributed by atoms with E-state index in [1.54, 1.807) is 14.0 Å². The lowest BCUT2D eigenvalue weighted by Gasteiger charge is -2.63. The van der Waals surface area contributed by atoms with Crippen LogP contribution in [0.3, 0.4) is 0 Å². The molecule has 1 aromatic heterocycles. The monoisotopic (exact) mass is 811 g/mol. The summed E-state index contributed by atoms with van der Waals surface area (Å²) < 4.78 is 12.3. The van der Waals surface area contributed by atoms with Crippen molar-refractivity contribution in [1.82, 2.24) is 20.1 Å². The molecule has 6 aliphatic rings. The Hall–Kier alpha value is -3.98. The summed E-state index contributed by atoms with van der Waals surface area (Å²) in [5.41, 5.74) is -1.61. The molecule has 3 aromatic rings. The number of para-hydroxylation sites is 1. The molecule has 59 heavy (non-hydrogen) atoms. The molecule has 6 N–H and O–H groups in total. The molecule has 318 valence electrons. The van der Waals surface area contributed by atoms with E-state index >= 15 is 4.79 Å². The average Bonchev–Trinajstić information content (AvgIpc) is 3.89. The van der Waals surface area contributed by atoms with Crippen LogP contribution in [0.5, 0.6) is 5.75 Å². The van der Waals surface area contributed by atoms with Crippen molar-refractivity contribution in [3.63, 3.8) is 0 Å². The maximum absolute atomic E-state index is 15.3. The fourth-order valence-electron chi connectivity index (χ4n) is 13.4. The van der Waals surface area contributed by atoms with Gasteiger partial charge in [0.1, 0.15) is 17.3 Å². The lowest BCUT2D eigenvalue weighted by molar-refractivity contribution is -0.203. The van der Waals surface area contributed by atoms with Crippen LogP contribution in [0.15, 0.2) is 48.6 Å². The predicted molar refractivity (Wildman–Crippen MR) is 224 cm³/mol. The molecule has 5 aliphatic heterocycles. The molecule has 13 heteroatoms. The Labute approximate surface area is 346 Å². The molecule has 1 aliphatic carbocycles. The molecule has 1 spiro atoms. The number of aliphatic hydroxyl groups excluding tert-OH is 2. The van der Waals surface area contributed by atoms with Gasteiger partial charge in [-0.05, 0) is 81.2 Å². The molecule has 1 saturated carbocycles. The van der Waals surface area contributed by atoms with E-state index in [-0.39, 0.29) is 18.5 Å². The maximum atomic E-state index is 15.3. The molecule has 2 bridgehead atoms. The molecule has 11 unspecified atom stereocenters. The van der Waals surface area contributed by atoms with E-state index in [1.165, 1.54) is 7.11 Å². The number of amides is 1. The Kier molecular flexibility index (Phi) is 9.62. The first kappa shape index (κ1) is 40.4. The van der Waals surface area contributed by atoms with Crippen molar-refractivity contribution in [1.29, 1.82) is 0 Å². The number of carbonyl (C=O) groups is 2. The van der Waals surface area contributed by atoms with Gasteiger partial charge in [0.25, 0.3) is 5.91 Å². The summed E-state index contributed by atoms with van der Waals surface area (Å²) >= 11 is 0. The Morgan fingerprint density at radius 2 is 1.83 bits per heavy atom. The number of aliphatic hydroxyl groups is 4. The molecule has 6 heterocycles. The third kappa shape index (κ3) is 5.37. The number of nitrogens with one attached hydrogen (secondary N) is 2. The molecule has 2 aromatic carbocycles. The van der Waals surface area contributed by atoms with Gasteiger partial charge in [0, 0.05) is 90.6 Å². The van der Waals surface area contributed by atoms with Gasteiger partial charge < -0.3 is 45.1 Å². The van der Waals surface area contributed by atoms with E-state index < -0.39 is 57.6 Å². The number of likely N-dealkylation sites (N-methyl/N-ethyl adjacent to an activating group) is 1. The summed E-state index contributed by atoms with van der Waals surface area (Å²) in [6, 6.07) is 11.0. The lowest BCUT2D eigenvalue weighted by Crippen LogP contribution is -2.81. The SMILES string of the molecule is CCC1(O)CC2CN(CCc3c([nH]c4ccccc34)C(C(=O)OC)(c3cc4c(cc3OC)N(C)C3C(O)(C(=O)NCC(C)O)C(O)C5(CC)C=CCN6CCC43C65)C2)C1. The number of H-pyrrole nitrogens is 1. The minimum absolute atomic E-state index is 0.0903. The fraction of sp³-hybridized carbons (Fsp3) is 0.609. The highest BCUT2D eigenvalue weighted by molar-refractivity contribution is 5.95. The minimum Gasteiger partial charge on any atom is -0.496 e. The van der Waals surface area contributed by atoms with Gasteiger partial charge in [0.05, 0.1) is 32.0 Å². The van der Waals surface area contributed by atoms with Gasteiger partial charge in [-0.25, -0.2) is 0 Å². The van der Waals surface area contributed by atoms with Gasteiger partial charge >= 0.3 is 5.97 Å². The van der Waals surface area contributed by atoms with Crippen molar-refractivity contribution in [2.75, 3.05) is 65.4 Å². The number of hydrogen-bond donors (Lipinski definition) is 6. The first-order chi connectivity index (χ1) is 28.2. The first-order valence-corrected chi connectivity index (χ1v) is 21.6.